The molecule has 0 saturated carbocycles. The largest absolute Gasteiger partial charge is 0.465 e. The lowest BCUT2D eigenvalue weighted by Crippen LogP contribution is -2.52. The molecule has 0 aliphatic carbocycles. The van der Waals surface area contributed by atoms with Crippen molar-refractivity contribution in [2.45, 2.75) is 25.4 Å². The zero-order valence-corrected chi connectivity index (χ0v) is 15.2. The van der Waals surface area contributed by atoms with E-state index in [-0.39, 0.29) is 31.4 Å². The van der Waals surface area contributed by atoms with Gasteiger partial charge in [-0.2, -0.15) is 0 Å². The highest BCUT2D eigenvalue weighted by Crippen LogP contribution is 2.32. The van der Waals surface area contributed by atoms with E-state index in [1.54, 1.807) is 12.1 Å². The molecule has 10 heteroatoms. The Morgan fingerprint density at radius 3 is 2.79 bits per heavy atom. The Kier molecular flexibility index (Phi) is 6.09. The molecule has 1 unspecified atom stereocenters. The fourth-order valence-corrected chi connectivity index (χ4v) is 3.34. The van der Waals surface area contributed by atoms with Gasteiger partial charge in [-0.3, -0.25) is 19.7 Å². The number of rotatable bonds is 8. The number of anilines is 1. The molecule has 4 N–H and O–H groups in total. The van der Waals surface area contributed by atoms with E-state index < -0.39 is 18.0 Å². The maximum absolute atomic E-state index is 12.7. The normalized spacial score (nSPS) is 18.6. The second-order valence-electron chi connectivity index (χ2n) is 6.50. The number of hydrogen-bond acceptors (Lipinski definition) is 6. The van der Waals surface area contributed by atoms with Gasteiger partial charge in [0.15, 0.2) is 0 Å². The Balaban J connectivity index is 1.56. The molecule has 1 saturated heterocycles. The summed E-state index contributed by atoms with van der Waals surface area (Å²) < 4.78 is 5.34. The van der Waals surface area contributed by atoms with Crippen molar-refractivity contribution in [2.75, 3.05) is 31.6 Å². The predicted octanol–water partition coefficient (Wildman–Crippen LogP) is 0.144. The first-order valence-electron chi connectivity index (χ1n) is 9.02. The number of carboxylic acid groups (broad SMARTS) is 1. The van der Waals surface area contributed by atoms with E-state index in [0.717, 1.165) is 11.3 Å². The number of nitrogens with one attached hydrogen (secondary N) is 3. The Morgan fingerprint density at radius 2 is 2.04 bits per heavy atom. The summed E-state index contributed by atoms with van der Waals surface area (Å²) >= 11 is 0. The molecule has 0 radical (unpaired) electrons. The zero-order chi connectivity index (χ0) is 20.1. The lowest BCUT2D eigenvalue weighted by Gasteiger charge is -2.29. The standard InChI is InChI=1S/C18H22N4O6/c23-15-5-4-14(16(24)21-15)22-10-12-11(17(22)25)2-1-3-13(12)19-6-8-28-9-7-20-18(26)27/h1-3,14,19-20H,4-10H2,(H,26,27)(H,21,23,24). The van der Waals surface area contributed by atoms with Gasteiger partial charge in [-0.1, -0.05) is 6.07 Å². The van der Waals surface area contributed by atoms with Crippen LogP contribution >= 0.6 is 0 Å². The fraction of sp³-hybridized carbons (Fsp3) is 0.444. The number of ether oxygens (including phenoxy) is 1. The Bertz CT molecular complexity index is 796. The number of imide groups is 1. The summed E-state index contributed by atoms with van der Waals surface area (Å²) in [6.07, 6.45) is -0.548. The summed E-state index contributed by atoms with van der Waals surface area (Å²) in [4.78, 5) is 48.0. The van der Waals surface area contributed by atoms with E-state index >= 15 is 0 Å². The van der Waals surface area contributed by atoms with Gasteiger partial charge in [-0.25, -0.2) is 4.79 Å². The van der Waals surface area contributed by atoms with Crippen LogP contribution in [0.4, 0.5) is 10.5 Å². The lowest BCUT2D eigenvalue weighted by molar-refractivity contribution is -0.136. The lowest BCUT2D eigenvalue weighted by atomic mass is 10.0. The molecule has 1 aromatic carbocycles. The fourth-order valence-electron chi connectivity index (χ4n) is 3.34. The van der Waals surface area contributed by atoms with E-state index in [4.69, 9.17) is 9.84 Å². The van der Waals surface area contributed by atoms with Crippen LogP contribution in [-0.4, -0.2) is 66.2 Å². The van der Waals surface area contributed by atoms with E-state index in [2.05, 4.69) is 16.0 Å². The van der Waals surface area contributed by atoms with Crippen molar-refractivity contribution < 1.29 is 29.0 Å². The van der Waals surface area contributed by atoms with Crippen LogP contribution in [0.2, 0.25) is 0 Å². The maximum atomic E-state index is 12.7. The SMILES string of the molecule is O=C(O)NCCOCCNc1cccc2c1CN(C1CCC(=O)NC1=O)C2=O. The monoisotopic (exact) mass is 390 g/mol. The summed E-state index contributed by atoms with van der Waals surface area (Å²) in [6, 6.07) is 4.70. The molecule has 2 aliphatic rings. The van der Waals surface area contributed by atoms with E-state index in [1.807, 2.05) is 6.07 Å². The van der Waals surface area contributed by atoms with Crippen molar-refractivity contribution in [2.24, 2.45) is 0 Å². The van der Waals surface area contributed by atoms with Gasteiger partial charge < -0.3 is 25.4 Å². The summed E-state index contributed by atoms with van der Waals surface area (Å²) in [5.41, 5.74) is 2.14. The first-order valence-corrected chi connectivity index (χ1v) is 9.02. The molecule has 0 spiro atoms. The summed E-state index contributed by atoms with van der Waals surface area (Å²) in [7, 11) is 0. The first kappa shape index (κ1) is 19.6. The highest BCUT2D eigenvalue weighted by Gasteiger charge is 2.39. The maximum Gasteiger partial charge on any atom is 0.404 e. The highest BCUT2D eigenvalue weighted by molar-refractivity contribution is 6.06. The Morgan fingerprint density at radius 1 is 1.25 bits per heavy atom. The van der Waals surface area contributed by atoms with Crippen LogP contribution in [0.15, 0.2) is 18.2 Å². The molecule has 2 aliphatic heterocycles. The van der Waals surface area contributed by atoms with Crippen LogP contribution in [-0.2, 0) is 20.9 Å². The second-order valence-corrected chi connectivity index (χ2v) is 6.50. The smallest absolute Gasteiger partial charge is 0.404 e. The average molecular weight is 390 g/mol. The molecule has 0 aromatic heterocycles. The second kappa shape index (κ2) is 8.70. The van der Waals surface area contributed by atoms with Crippen molar-refractivity contribution in [3.05, 3.63) is 29.3 Å². The molecule has 1 aromatic rings. The van der Waals surface area contributed by atoms with Crippen molar-refractivity contribution in [1.82, 2.24) is 15.5 Å². The molecular formula is C18H22N4O6. The molecule has 0 bridgehead atoms. The van der Waals surface area contributed by atoms with Gasteiger partial charge in [-0.15, -0.1) is 0 Å². The van der Waals surface area contributed by atoms with Crippen LogP contribution in [0.5, 0.6) is 0 Å². The van der Waals surface area contributed by atoms with Gasteiger partial charge in [0.05, 0.1) is 13.2 Å². The molecule has 1 fully saturated rings. The number of benzene rings is 1. The van der Waals surface area contributed by atoms with Crippen molar-refractivity contribution in [1.29, 1.82) is 0 Å². The highest BCUT2D eigenvalue weighted by atomic mass is 16.5. The Labute approximate surface area is 161 Å². The van der Waals surface area contributed by atoms with Gasteiger partial charge in [-0.05, 0) is 18.6 Å². The quantitative estimate of drug-likeness (QED) is 0.366. The van der Waals surface area contributed by atoms with Gasteiger partial charge >= 0.3 is 6.09 Å². The van der Waals surface area contributed by atoms with Crippen LogP contribution in [0.1, 0.15) is 28.8 Å². The third-order valence-electron chi connectivity index (χ3n) is 4.67. The molecule has 4 amide bonds. The number of piperidine rings is 1. The Hall–Kier alpha value is -3.14. The number of fused-ring (bicyclic) bond motifs is 1. The van der Waals surface area contributed by atoms with Crippen LogP contribution < -0.4 is 16.0 Å². The van der Waals surface area contributed by atoms with Crippen molar-refractivity contribution in [3.8, 4) is 0 Å². The molecular weight excluding hydrogens is 368 g/mol. The number of amides is 4. The van der Waals surface area contributed by atoms with Crippen molar-refractivity contribution in [3.63, 3.8) is 0 Å². The molecule has 150 valence electrons. The van der Waals surface area contributed by atoms with Crippen LogP contribution in [0.3, 0.4) is 0 Å². The number of carbonyl (C=O) groups is 4. The topological polar surface area (TPSA) is 137 Å². The third-order valence-corrected chi connectivity index (χ3v) is 4.67. The van der Waals surface area contributed by atoms with Crippen molar-refractivity contribution >= 4 is 29.5 Å². The molecule has 10 nitrogen and oxygen atoms in total. The minimum Gasteiger partial charge on any atom is -0.465 e. The molecule has 1 atom stereocenters. The average Bonchev–Trinajstić information content (AvgIpc) is 2.98. The van der Waals surface area contributed by atoms with Gasteiger partial charge in [0.1, 0.15) is 6.04 Å². The zero-order valence-electron chi connectivity index (χ0n) is 15.2. The predicted molar refractivity (Wildman–Crippen MR) is 97.8 cm³/mol. The third kappa shape index (κ3) is 4.39. The number of nitrogens with zero attached hydrogens (tertiary/aromatic N) is 1. The van der Waals surface area contributed by atoms with Gasteiger partial charge in [0, 0.05) is 42.9 Å². The molecule has 3 rings (SSSR count). The van der Waals surface area contributed by atoms with Crippen LogP contribution in [0.25, 0.3) is 0 Å². The van der Waals surface area contributed by atoms with E-state index in [0.29, 0.717) is 31.7 Å². The first-order chi connectivity index (χ1) is 13.5. The molecule has 2 heterocycles. The summed E-state index contributed by atoms with van der Waals surface area (Å²) in [6.45, 7) is 1.63. The number of hydrogen-bond donors (Lipinski definition) is 4. The van der Waals surface area contributed by atoms with Gasteiger partial charge in [0.25, 0.3) is 5.91 Å². The van der Waals surface area contributed by atoms with E-state index in [1.165, 1.54) is 4.90 Å². The minimum absolute atomic E-state index is 0.214. The molecule has 28 heavy (non-hydrogen) atoms. The summed E-state index contributed by atoms with van der Waals surface area (Å²) in [5.74, 6) is -0.967. The van der Waals surface area contributed by atoms with Gasteiger partial charge in [0.2, 0.25) is 11.8 Å². The summed E-state index contributed by atoms with van der Waals surface area (Å²) in [5, 5.41) is 16.2. The minimum atomic E-state index is -1.09. The number of carbonyl (C=O) groups excluding carboxylic acids is 3. The van der Waals surface area contributed by atoms with Crippen LogP contribution in [0, 0.1) is 0 Å². The van der Waals surface area contributed by atoms with E-state index in [9.17, 15) is 19.2 Å².